The molecule has 0 amide bonds. The van der Waals surface area contributed by atoms with E-state index in [1.165, 1.54) is 7.11 Å². The molecule has 116 valence electrons. The van der Waals surface area contributed by atoms with Crippen LogP contribution in [-0.2, 0) is 14.2 Å². The van der Waals surface area contributed by atoms with Crippen molar-refractivity contribution in [1.29, 1.82) is 0 Å². The van der Waals surface area contributed by atoms with Gasteiger partial charge >= 0.3 is 0 Å². The van der Waals surface area contributed by atoms with E-state index in [0.717, 1.165) is 0 Å². The van der Waals surface area contributed by atoms with Crippen LogP contribution in [0.4, 0.5) is 0 Å². The van der Waals surface area contributed by atoms with E-state index in [1.54, 1.807) is 0 Å². The molecular formula is C13H29NO5. The lowest BCUT2D eigenvalue weighted by atomic mass is 9.94. The number of nitrogens with two attached hydrogens (primary N) is 1. The van der Waals surface area contributed by atoms with Crippen LogP contribution >= 0.6 is 0 Å². The van der Waals surface area contributed by atoms with Gasteiger partial charge in [-0.3, -0.25) is 0 Å². The second-order valence-corrected chi connectivity index (χ2v) is 4.49. The van der Waals surface area contributed by atoms with Gasteiger partial charge in [-0.05, 0) is 12.3 Å². The van der Waals surface area contributed by atoms with Crippen molar-refractivity contribution in [2.24, 2.45) is 11.7 Å². The van der Waals surface area contributed by atoms with Crippen molar-refractivity contribution in [3.8, 4) is 0 Å². The van der Waals surface area contributed by atoms with Crippen LogP contribution in [0, 0.1) is 5.92 Å². The van der Waals surface area contributed by atoms with E-state index < -0.39 is 18.5 Å². The van der Waals surface area contributed by atoms with Crippen LogP contribution in [0.1, 0.15) is 27.2 Å². The zero-order valence-electron chi connectivity index (χ0n) is 12.4. The van der Waals surface area contributed by atoms with E-state index in [9.17, 15) is 10.2 Å². The minimum atomic E-state index is -0.641. The monoisotopic (exact) mass is 279 g/mol. The van der Waals surface area contributed by atoms with Gasteiger partial charge in [-0.2, -0.15) is 0 Å². The fraction of sp³-hybridized carbons (Fsp3) is 1.00. The largest absolute Gasteiger partial charge is 0.389 e. The van der Waals surface area contributed by atoms with Gasteiger partial charge in [0.05, 0.1) is 25.4 Å². The molecule has 1 heterocycles. The van der Waals surface area contributed by atoms with E-state index >= 15 is 0 Å². The first-order chi connectivity index (χ1) is 9.08. The summed E-state index contributed by atoms with van der Waals surface area (Å²) in [6.45, 7) is 6.73. The molecule has 0 aromatic carbocycles. The number of methoxy groups -OCH3 is 1. The van der Waals surface area contributed by atoms with E-state index in [2.05, 4.69) is 0 Å². The first kappa shape index (κ1) is 18.8. The van der Waals surface area contributed by atoms with Crippen molar-refractivity contribution in [2.45, 2.75) is 51.8 Å². The summed E-state index contributed by atoms with van der Waals surface area (Å²) < 4.78 is 15.9. The summed E-state index contributed by atoms with van der Waals surface area (Å²) in [6.07, 6.45) is -1.35. The molecule has 6 heteroatoms. The van der Waals surface area contributed by atoms with Gasteiger partial charge in [0.15, 0.2) is 6.29 Å². The molecule has 0 saturated carbocycles. The summed E-state index contributed by atoms with van der Waals surface area (Å²) in [4.78, 5) is 0. The molecular weight excluding hydrogens is 250 g/mol. The first-order valence-corrected chi connectivity index (χ1v) is 6.90. The Bertz CT molecular complexity index is 217. The minimum absolute atomic E-state index is 0.131. The number of rotatable bonds is 6. The Balaban J connectivity index is 0.00000154. The maximum Gasteiger partial charge on any atom is 0.183 e. The van der Waals surface area contributed by atoms with Gasteiger partial charge in [-0.1, -0.05) is 20.8 Å². The van der Waals surface area contributed by atoms with Crippen LogP contribution in [0.5, 0.6) is 0 Å². The Morgan fingerprint density at radius 1 is 1.42 bits per heavy atom. The van der Waals surface area contributed by atoms with Crippen molar-refractivity contribution in [3.63, 3.8) is 0 Å². The molecule has 0 bridgehead atoms. The van der Waals surface area contributed by atoms with E-state index in [4.69, 9.17) is 19.9 Å². The van der Waals surface area contributed by atoms with E-state index in [1.807, 2.05) is 20.8 Å². The molecule has 1 aliphatic heterocycles. The van der Waals surface area contributed by atoms with Gasteiger partial charge in [-0.15, -0.1) is 0 Å². The fourth-order valence-electron chi connectivity index (χ4n) is 1.85. The Hall–Kier alpha value is -0.240. The van der Waals surface area contributed by atoms with Gasteiger partial charge < -0.3 is 30.2 Å². The summed E-state index contributed by atoms with van der Waals surface area (Å²) in [7, 11) is 1.50. The summed E-state index contributed by atoms with van der Waals surface area (Å²) in [5.74, 6) is 0.186. The number of hydrogen-bond donors (Lipinski definition) is 3. The lowest BCUT2D eigenvalue weighted by Gasteiger charge is -2.37. The van der Waals surface area contributed by atoms with Gasteiger partial charge in [0, 0.05) is 13.7 Å². The van der Waals surface area contributed by atoms with Crippen LogP contribution in [-0.4, -0.2) is 61.7 Å². The first-order valence-electron chi connectivity index (χ1n) is 6.90. The molecule has 0 aromatic rings. The predicted octanol–water partition coefficient (Wildman–Crippen LogP) is 0.107. The molecule has 1 fully saturated rings. The predicted molar refractivity (Wildman–Crippen MR) is 72.7 cm³/mol. The Morgan fingerprint density at radius 3 is 2.58 bits per heavy atom. The molecule has 4 N–H and O–H groups in total. The van der Waals surface area contributed by atoms with Crippen molar-refractivity contribution in [2.75, 3.05) is 26.9 Å². The maximum atomic E-state index is 9.66. The molecule has 1 aliphatic rings. The number of hydrogen-bond acceptors (Lipinski definition) is 6. The highest BCUT2D eigenvalue weighted by Crippen LogP contribution is 2.25. The van der Waals surface area contributed by atoms with Crippen molar-refractivity contribution >= 4 is 0 Å². The summed E-state index contributed by atoms with van der Waals surface area (Å²) in [5, 5.41) is 18.9. The molecule has 0 aliphatic carbocycles. The topological polar surface area (TPSA) is 94.2 Å². The molecule has 5 unspecified atom stereocenters. The van der Waals surface area contributed by atoms with Gasteiger partial charge in [0.25, 0.3) is 0 Å². The molecule has 19 heavy (non-hydrogen) atoms. The van der Waals surface area contributed by atoms with Crippen molar-refractivity contribution < 1.29 is 24.4 Å². The van der Waals surface area contributed by atoms with E-state index in [0.29, 0.717) is 13.0 Å². The average Bonchev–Trinajstić information content (AvgIpc) is 2.43. The summed E-state index contributed by atoms with van der Waals surface area (Å²) in [6, 6.07) is 0. The third-order valence-corrected chi connectivity index (χ3v) is 2.97. The molecule has 0 spiro atoms. The van der Waals surface area contributed by atoms with Gasteiger partial charge in [0.2, 0.25) is 0 Å². The zero-order valence-corrected chi connectivity index (χ0v) is 12.4. The molecule has 0 radical (unpaired) electrons. The second-order valence-electron chi connectivity index (χ2n) is 4.49. The molecule has 0 aromatic heterocycles. The second kappa shape index (κ2) is 10.5. The van der Waals surface area contributed by atoms with Gasteiger partial charge in [-0.25, -0.2) is 0 Å². The Labute approximate surface area is 115 Å². The third-order valence-electron chi connectivity index (χ3n) is 2.97. The van der Waals surface area contributed by atoms with Crippen LogP contribution in [0.25, 0.3) is 0 Å². The molecule has 1 saturated heterocycles. The van der Waals surface area contributed by atoms with Gasteiger partial charge in [0.1, 0.15) is 6.10 Å². The summed E-state index contributed by atoms with van der Waals surface area (Å²) >= 11 is 0. The number of aliphatic hydroxyl groups excluding tert-OH is 2. The third kappa shape index (κ3) is 6.65. The highest BCUT2D eigenvalue weighted by Gasteiger charge is 2.35. The normalized spacial score (nSPS) is 32.4. The standard InChI is InChI=1S/C11H23NO5.C2H6/c1-7-3-9(14)11(15-2)17-10(7)6-16-5-8(13)4-12;1-2/h7-11,13-14H,3-6,12H2,1-2H3;1-2H3. The SMILES string of the molecule is CC.COC1OC(COCC(O)CN)C(C)CC1O. The fourth-order valence-corrected chi connectivity index (χ4v) is 1.85. The Kier molecular flexibility index (Phi) is 10.4. The highest BCUT2D eigenvalue weighted by molar-refractivity contribution is 4.78. The van der Waals surface area contributed by atoms with Crippen LogP contribution in [0.2, 0.25) is 0 Å². The molecule has 5 atom stereocenters. The smallest absolute Gasteiger partial charge is 0.183 e. The van der Waals surface area contributed by atoms with E-state index in [-0.39, 0.29) is 25.2 Å². The van der Waals surface area contributed by atoms with Crippen LogP contribution < -0.4 is 5.73 Å². The molecule has 6 nitrogen and oxygen atoms in total. The highest BCUT2D eigenvalue weighted by atomic mass is 16.7. The lowest BCUT2D eigenvalue weighted by molar-refractivity contribution is -0.252. The van der Waals surface area contributed by atoms with Crippen molar-refractivity contribution in [1.82, 2.24) is 0 Å². The zero-order chi connectivity index (χ0) is 14.8. The lowest BCUT2D eigenvalue weighted by Crippen LogP contribution is -2.46. The Morgan fingerprint density at radius 2 is 2.05 bits per heavy atom. The average molecular weight is 279 g/mol. The maximum absolute atomic E-state index is 9.66. The van der Waals surface area contributed by atoms with Crippen LogP contribution in [0.3, 0.4) is 0 Å². The quantitative estimate of drug-likeness (QED) is 0.639. The minimum Gasteiger partial charge on any atom is -0.389 e. The molecule has 1 rings (SSSR count). The van der Waals surface area contributed by atoms with Crippen LogP contribution in [0.15, 0.2) is 0 Å². The number of ether oxygens (including phenoxy) is 3. The summed E-state index contributed by atoms with van der Waals surface area (Å²) in [5.41, 5.74) is 5.27. The van der Waals surface area contributed by atoms with Crippen molar-refractivity contribution in [3.05, 3.63) is 0 Å². The number of aliphatic hydroxyl groups is 2.